The third-order valence-corrected chi connectivity index (χ3v) is 5.00. The average Bonchev–Trinajstić information content (AvgIpc) is 3.36. The number of benzene rings is 1. The van der Waals surface area contributed by atoms with Crippen molar-refractivity contribution in [1.82, 2.24) is 4.90 Å². The molecule has 1 aromatic heterocycles. The van der Waals surface area contributed by atoms with Crippen LogP contribution in [0.2, 0.25) is 0 Å². The number of carbonyl (C=O) groups is 2. The first kappa shape index (κ1) is 19.8. The van der Waals surface area contributed by atoms with Crippen molar-refractivity contribution in [3.63, 3.8) is 0 Å². The molecule has 8 heteroatoms. The Morgan fingerprint density at radius 2 is 2.00 bits per heavy atom. The third-order valence-electron chi connectivity index (χ3n) is 5.00. The minimum atomic E-state index is -0.458. The molecule has 0 aliphatic carbocycles. The molecule has 2 aromatic rings. The molecule has 1 fully saturated rings. The Kier molecular flexibility index (Phi) is 5.89. The summed E-state index contributed by atoms with van der Waals surface area (Å²) in [6.07, 6.45) is 2.26. The predicted molar refractivity (Wildman–Crippen MR) is 104 cm³/mol. The van der Waals surface area contributed by atoms with Crippen molar-refractivity contribution in [3.8, 4) is 11.5 Å². The highest BCUT2D eigenvalue weighted by atomic mass is 16.5. The molecule has 2 amide bonds. The van der Waals surface area contributed by atoms with Crippen LogP contribution in [0.15, 0.2) is 34.9 Å². The minimum Gasteiger partial charge on any atom is -0.493 e. The number of ether oxygens (including phenoxy) is 2. The molecule has 2 unspecified atom stereocenters. The van der Waals surface area contributed by atoms with Crippen LogP contribution in [0.1, 0.15) is 34.3 Å². The summed E-state index contributed by atoms with van der Waals surface area (Å²) in [7, 11) is 2.99. The summed E-state index contributed by atoms with van der Waals surface area (Å²) >= 11 is 0. The summed E-state index contributed by atoms with van der Waals surface area (Å²) in [6, 6.07) is 6.39. The fraction of sp³-hybridized carbons (Fsp3) is 0.400. The molecule has 0 saturated carbocycles. The summed E-state index contributed by atoms with van der Waals surface area (Å²) in [5.74, 6) is 0.568. The van der Waals surface area contributed by atoms with Crippen LogP contribution in [0, 0.1) is 5.92 Å². The van der Waals surface area contributed by atoms with Crippen molar-refractivity contribution in [1.29, 1.82) is 0 Å². The zero-order valence-electron chi connectivity index (χ0n) is 16.2. The van der Waals surface area contributed by atoms with Gasteiger partial charge in [0.25, 0.3) is 11.8 Å². The summed E-state index contributed by atoms with van der Waals surface area (Å²) < 4.78 is 15.8. The molecule has 2 atom stereocenters. The Bertz CT molecular complexity index is 850. The van der Waals surface area contributed by atoms with E-state index >= 15 is 0 Å². The normalized spacial score (nSPS) is 18.8. The number of hydrogen-bond donors (Lipinski definition) is 2. The number of amides is 2. The van der Waals surface area contributed by atoms with E-state index in [4.69, 9.17) is 19.6 Å². The van der Waals surface area contributed by atoms with Crippen LogP contribution in [0.5, 0.6) is 11.5 Å². The lowest BCUT2D eigenvalue weighted by Crippen LogP contribution is -2.35. The first-order valence-electron chi connectivity index (χ1n) is 9.10. The van der Waals surface area contributed by atoms with Crippen LogP contribution in [0.3, 0.4) is 0 Å². The van der Waals surface area contributed by atoms with E-state index in [0.29, 0.717) is 35.8 Å². The SMILES string of the molecule is COc1cc(NC(=O)c2ccco2)c(C(=O)N2CC(CN)CC2C)cc1OC. The van der Waals surface area contributed by atoms with Gasteiger partial charge in [-0.3, -0.25) is 9.59 Å². The zero-order valence-corrected chi connectivity index (χ0v) is 16.2. The lowest BCUT2D eigenvalue weighted by molar-refractivity contribution is 0.0744. The molecular weight excluding hydrogens is 362 g/mol. The number of hydrogen-bond acceptors (Lipinski definition) is 6. The van der Waals surface area contributed by atoms with E-state index in [1.807, 2.05) is 6.92 Å². The lowest BCUT2D eigenvalue weighted by Gasteiger charge is -2.24. The maximum Gasteiger partial charge on any atom is 0.291 e. The van der Waals surface area contributed by atoms with E-state index in [2.05, 4.69) is 5.32 Å². The van der Waals surface area contributed by atoms with Crippen molar-refractivity contribution in [2.75, 3.05) is 32.6 Å². The molecule has 8 nitrogen and oxygen atoms in total. The molecule has 1 aliphatic rings. The van der Waals surface area contributed by atoms with Gasteiger partial charge in [-0.25, -0.2) is 0 Å². The molecule has 0 bridgehead atoms. The molecule has 1 aliphatic heterocycles. The van der Waals surface area contributed by atoms with Gasteiger partial charge in [0.2, 0.25) is 0 Å². The summed E-state index contributed by atoms with van der Waals surface area (Å²) in [5, 5.41) is 2.74. The monoisotopic (exact) mass is 387 g/mol. The van der Waals surface area contributed by atoms with E-state index in [9.17, 15) is 9.59 Å². The predicted octanol–water partition coefficient (Wildman–Crippen LogP) is 2.36. The number of nitrogens with one attached hydrogen (secondary N) is 1. The second-order valence-corrected chi connectivity index (χ2v) is 6.83. The highest BCUT2D eigenvalue weighted by Gasteiger charge is 2.34. The fourth-order valence-corrected chi connectivity index (χ4v) is 3.50. The van der Waals surface area contributed by atoms with Gasteiger partial charge in [0.15, 0.2) is 17.3 Å². The summed E-state index contributed by atoms with van der Waals surface area (Å²) in [4.78, 5) is 27.5. The molecule has 150 valence electrons. The van der Waals surface area contributed by atoms with Crippen LogP contribution < -0.4 is 20.5 Å². The lowest BCUT2D eigenvalue weighted by atomic mass is 10.1. The Hall–Kier alpha value is -3.00. The standard InChI is InChI=1S/C20H25N3O5/c1-12-7-13(10-21)11-23(12)20(25)14-8-17(26-2)18(27-3)9-15(14)22-19(24)16-5-4-6-28-16/h4-6,8-9,12-13H,7,10-11,21H2,1-3H3,(H,22,24). The third kappa shape index (κ3) is 3.82. The first-order valence-corrected chi connectivity index (χ1v) is 9.10. The van der Waals surface area contributed by atoms with Crippen molar-refractivity contribution in [2.24, 2.45) is 11.7 Å². The maximum absolute atomic E-state index is 13.3. The van der Waals surface area contributed by atoms with Gasteiger partial charge in [0.05, 0.1) is 31.7 Å². The largest absolute Gasteiger partial charge is 0.493 e. The van der Waals surface area contributed by atoms with Crippen molar-refractivity contribution < 1.29 is 23.5 Å². The van der Waals surface area contributed by atoms with Gasteiger partial charge in [0.1, 0.15) is 0 Å². The smallest absolute Gasteiger partial charge is 0.291 e. The van der Waals surface area contributed by atoms with Crippen LogP contribution in [0.25, 0.3) is 0 Å². The summed E-state index contributed by atoms with van der Waals surface area (Å²) in [5.41, 5.74) is 6.44. The van der Waals surface area contributed by atoms with Gasteiger partial charge in [-0.15, -0.1) is 0 Å². The Balaban J connectivity index is 1.98. The van der Waals surface area contributed by atoms with Gasteiger partial charge >= 0.3 is 0 Å². The highest BCUT2D eigenvalue weighted by Crippen LogP contribution is 2.35. The van der Waals surface area contributed by atoms with Crippen LogP contribution in [-0.4, -0.2) is 50.1 Å². The van der Waals surface area contributed by atoms with Gasteiger partial charge in [-0.1, -0.05) is 0 Å². The van der Waals surface area contributed by atoms with Crippen LogP contribution >= 0.6 is 0 Å². The Labute approximate surface area is 163 Å². The quantitative estimate of drug-likeness (QED) is 0.788. The molecule has 3 rings (SSSR count). The van der Waals surface area contributed by atoms with Crippen LogP contribution in [0.4, 0.5) is 5.69 Å². The van der Waals surface area contributed by atoms with Crippen molar-refractivity contribution in [3.05, 3.63) is 41.9 Å². The molecule has 28 heavy (non-hydrogen) atoms. The van der Waals surface area contributed by atoms with Gasteiger partial charge < -0.3 is 29.8 Å². The van der Waals surface area contributed by atoms with E-state index in [0.717, 1.165) is 6.42 Å². The number of methoxy groups -OCH3 is 2. The van der Waals surface area contributed by atoms with Gasteiger partial charge in [0, 0.05) is 18.7 Å². The second-order valence-electron chi connectivity index (χ2n) is 6.83. The van der Waals surface area contributed by atoms with Crippen molar-refractivity contribution in [2.45, 2.75) is 19.4 Å². The van der Waals surface area contributed by atoms with E-state index < -0.39 is 5.91 Å². The number of rotatable bonds is 6. The fourth-order valence-electron chi connectivity index (χ4n) is 3.50. The molecule has 3 N–H and O–H groups in total. The van der Waals surface area contributed by atoms with E-state index in [1.54, 1.807) is 29.2 Å². The number of furan rings is 1. The molecule has 1 saturated heterocycles. The molecule has 0 radical (unpaired) electrons. The van der Waals surface area contributed by atoms with Crippen LogP contribution in [-0.2, 0) is 0 Å². The van der Waals surface area contributed by atoms with Crippen molar-refractivity contribution >= 4 is 17.5 Å². The number of anilines is 1. The Morgan fingerprint density at radius 1 is 1.29 bits per heavy atom. The topological polar surface area (TPSA) is 107 Å². The molecular formula is C20H25N3O5. The Morgan fingerprint density at radius 3 is 2.57 bits per heavy atom. The summed E-state index contributed by atoms with van der Waals surface area (Å²) in [6.45, 7) is 3.11. The van der Waals surface area contributed by atoms with E-state index in [1.165, 1.54) is 20.5 Å². The van der Waals surface area contributed by atoms with E-state index in [-0.39, 0.29) is 23.6 Å². The highest BCUT2D eigenvalue weighted by molar-refractivity contribution is 6.08. The average molecular weight is 387 g/mol. The molecule has 1 aromatic carbocycles. The first-order chi connectivity index (χ1) is 13.5. The van der Waals surface area contributed by atoms with Gasteiger partial charge in [-0.2, -0.15) is 0 Å². The second kappa shape index (κ2) is 8.35. The number of carbonyl (C=O) groups excluding carboxylic acids is 2. The number of nitrogens with two attached hydrogens (primary N) is 1. The maximum atomic E-state index is 13.3. The molecule has 0 spiro atoms. The van der Waals surface area contributed by atoms with Gasteiger partial charge in [-0.05, 0) is 44.0 Å². The number of nitrogens with zero attached hydrogens (tertiary/aromatic N) is 1. The minimum absolute atomic E-state index is 0.0581. The molecule has 2 heterocycles. The number of likely N-dealkylation sites (tertiary alicyclic amines) is 1. The zero-order chi connectivity index (χ0) is 20.3.